The van der Waals surface area contributed by atoms with E-state index in [9.17, 15) is 9.90 Å². The van der Waals surface area contributed by atoms with E-state index in [0.29, 0.717) is 11.8 Å². The number of carbonyl (C=O) groups excluding carboxylic acids is 1. The summed E-state index contributed by atoms with van der Waals surface area (Å²) in [5.74, 6) is 0.424. The van der Waals surface area contributed by atoms with Gasteiger partial charge in [-0.15, -0.1) is 22.9 Å². The number of fused-ring (bicyclic) bond motifs is 1. The van der Waals surface area contributed by atoms with Crippen molar-refractivity contribution in [3.8, 4) is 5.75 Å². The molecule has 1 aromatic heterocycles. The average Bonchev–Trinajstić information content (AvgIpc) is 2.66. The Labute approximate surface area is 89.7 Å². The van der Waals surface area contributed by atoms with E-state index in [1.54, 1.807) is 0 Å². The van der Waals surface area contributed by atoms with E-state index in [1.807, 2.05) is 11.4 Å². The first-order valence-electron chi connectivity index (χ1n) is 4.01. The van der Waals surface area contributed by atoms with Gasteiger partial charge in [0, 0.05) is 16.8 Å². The molecule has 2 aromatic rings. The van der Waals surface area contributed by atoms with Crippen LogP contribution in [0.1, 0.15) is 15.9 Å². The van der Waals surface area contributed by atoms with Gasteiger partial charge in [0.1, 0.15) is 5.75 Å². The van der Waals surface area contributed by atoms with Gasteiger partial charge in [0.05, 0.1) is 4.70 Å². The summed E-state index contributed by atoms with van der Waals surface area (Å²) in [5, 5.41) is 12.3. The monoisotopic (exact) mass is 226 g/mol. The van der Waals surface area contributed by atoms with Crippen LogP contribution in [0.15, 0.2) is 17.5 Å². The zero-order valence-corrected chi connectivity index (χ0v) is 8.73. The number of thiophene rings is 1. The molecule has 0 unspecified atom stereocenters. The lowest BCUT2D eigenvalue weighted by Crippen LogP contribution is -1.89. The maximum atomic E-state index is 10.7. The topological polar surface area (TPSA) is 37.3 Å². The van der Waals surface area contributed by atoms with Crippen molar-refractivity contribution in [3.05, 3.63) is 28.6 Å². The molecule has 0 saturated carbocycles. The second kappa shape index (κ2) is 3.59. The maximum Gasteiger partial charge on any atom is 0.150 e. The number of hydrogen-bond donors (Lipinski definition) is 1. The molecule has 0 amide bonds. The summed E-state index contributed by atoms with van der Waals surface area (Å²) in [4.78, 5) is 10.7. The minimum absolute atomic E-state index is 0.144. The molecule has 72 valence electrons. The molecule has 4 heteroatoms. The molecule has 0 radical (unpaired) electrons. The van der Waals surface area contributed by atoms with Crippen LogP contribution in [0.2, 0.25) is 0 Å². The highest BCUT2D eigenvalue weighted by Crippen LogP contribution is 2.34. The van der Waals surface area contributed by atoms with Crippen LogP contribution in [-0.2, 0) is 5.88 Å². The first-order chi connectivity index (χ1) is 6.77. The highest BCUT2D eigenvalue weighted by Gasteiger charge is 2.11. The number of phenolic OH excluding ortho intramolecular Hbond substituents is 1. The molecule has 0 aliphatic heterocycles. The van der Waals surface area contributed by atoms with E-state index in [-0.39, 0.29) is 11.6 Å². The lowest BCUT2D eigenvalue weighted by Gasteiger charge is -2.04. The summed E-state index contributed by atoms with van der Waals surface area (Å²) in [7, 11) is 0. The number of rotatable bonds is 2. The Bertz CT molecular complexity index is 490. The molecule has 0 saturated heterocycles. The third-order valence-corrected chi connectivity index (χ3v) is 3.33. The zero-order chi connectivity index (χ0) is 10.1. The number of phenols is 1. The Morgan fingerprint density at radius 1 is 1.57 bits per heavy atom. The van der Waals surface area contributed by atoms with E-state index in [2.05, 4.69) is 0 Å². The summed E-state index contributed by atoms with van der Waals surface area (Å²) in [5.41, 5.74) is 1.25. The molecule has 0 aliphatic rings. The molecule has 0 bridgehead atoms. The molecule has 1 heterocycles. The van der Waals surface area contributed by atoms with Crippen molar-refractivity contribution in [2.24, 2.45) is 0 Å². The van der Waals surface area contributed by atoms with Crippen LogP contribution in [0.3, 0.4) is 0 Å². The van der Waals surface area contributed by atoms with Crippen molar-refractivity contribution in [2.75, 3.05) is 0 Å². The Hall–Kier alpha value is -1.06. The first-order valence-corrected chi connectivity index (χ1v) is 5.42. The number of benzene rings is 1. The summed E-state index contributed by atoms with van der Waals surface area (Å²) in [6, 6.07) is 3.33. The lowest BCUT2D eigenvalue weighted by atomic mass is 10.1. The molecule has 0 atom stereocenters. The fourth-order valence-electron chi connectivity index (χ4n) is 1.46. The number of aromatic hydroxyl groups is 1. The van der Waals surface area contributed by atoms with Crippen LogP contribution < -0.4 is 0 Å². The van der Waals surface area contributed by atoms with Gasteiger partial charge in [0.2, 0.25) is 0 Å². The highest BCUT2D eigenvalue weighted by molar-refractivity contribution is 7.17. The number of alkyl halides is 1. The Balaban J connectivity index is 2.88. The molecule has 0 spiro atoms. The number of aldehydes is 1. The second-order valence-electron chi connectivity index (χ2n) is 2.88. The molecule has 1 N–H and O–H groups in total. The SMILES string of the molecule is O=Cc1cc(O)c2sccc2c1CCl. The molecule has 14 heavy (non-hydrogen) atoms. The van der Waals surface area contributed by atoms with Crippen LogP contribution in [0, 0.1) is 0 Å². The standard InChI is InChI=1S/C10H7ClO2S/c11-4-8-6(5-12)3-9(13)10-7(8)1-2-14-10/h1-3,5,13H,4H2. The first kappa shape index (κ1) is 9.49. The van der Waals surface area contributed by atoms with Crippen molar-refractivity contribution >= 4 is 39.3 Å². The van der Waals surface area contributed by atoms with Gasteiger partial charge in [0.25, 0.3) is 0 Å². The largest absolute Gasteiger partial charge is 0.506 e. The van der Waals surface area contributed by atoms with Crippen molar-refractivity contribution < 1.29 is 9.90 Å². The summed E-state index contributed by atoms with van der Waals surface area (Å²) < 4.78 is 0.784. The molecule has 0 fully saturated rings. The minimum Gasteiger partial charge on any atom is -0.506 e. The third-order valence-electron chi connectivity index (χ3n) is 2.12. The van der Waals surface area contributed by atoms with Gasteiger partial charge in [-0.05, 0) is 23.1 Å². The van der Waals surface area contributed by atoms with Crippen LogP contribution in [0.5, 0.6) is 5.75 Å². The van der Waals surface area contributed by atoms with Gasteiger partial charge in [0.15, 0.2) is 6.29 Å². The molecule has 1 aromatic carbocycles. The van der Waals surface area contributed by atoms with Gasteiger partial charge in [-0.25, -0.2) is 0 Å². The summed E-state index contributed by atoms with van der Waals surface area (Å²) in [6.07, 6.45) is 0.717. The van der Waals surface area contributed by atoms with E-state index in [4.69, 9.17) is 11.6 Å². The van der Waals surface area contributed by atoms with Gasteiger partial charge < -0.3 is 5.11 Å². The van der Waals surface area contributed by atoms with Crippen molar-refractivity contribution in [2.45, 2.75) is 5.88 Å². The Morgan fingerprint density at radius 2 is 2.36 bits per heavy atom. The number of hydrogen-bond acceptors (Lipinski definition) is 3. The van der Waals surface area contributed by atoms with Gasteiger partial charge in [-0.2, -0.15) is 0 Å². The van der Waals surface area contributed by atoms with Crippen LogP contribution >= 0.6 is 22.9 Å². The highest BCUT2D eigenvalue weighted by atomic mass is 35.5. The minimum atomic E-state index is 0.144. The predicted molar refractivity (Wildman–Crippen MR) is 58.4 cm³/mol. The van der Waals surface area contributed by atoms with Crippen molar-refractivity contribution in [3.63, 3.8) is 0 Å². The summed E-state index contributed by atoms with van der Waals surface area (Å²) >= 11 is 7.20. The number of halogens is 1. The van der Waals surface area contributed by atoms with Gasteiger partial charge in [-0.3, -0.25) is 4.79 Å². The predicted octanol–water partition coefficient (Wildman–Crippen LogP) is 3.16. The Kier molecular flexibility index (Phi) is 2.44. The number of carbonyl (C=O) groups is 1. The Morgan fingerprint density at radius 3 is 3.00 bits per heavy atom. The lowest BCUT2D eigenvalue weighted by molar-refractivity contribution is 0.112. The normalized spacial score (nSPS) is 10.6. The molecule has 2 nitrogen and oxygen atoms in total. The van der Waals surface area contributed by atoms with Gasteiger partial charge >= 0.3 is 0 Å². The molecule has 2 rings (SSSR count). The van der Waals surface area contributed by atoms with Crippen molar-refractivity contribution in [1.29, 1.82) is 0 Å². The quantitative estimate of drug-likeness (QED) is 0.631. The van der Waals surface area contributed by atoms with Crippen LogP contribution in [-0.4, -0.2) is 11.4 Å². The third kappa shape index (κ3) is 1.29. The molecular weight excluding hydrogens is 220 g/mol. The van der Waals surface area contributed by atoms with E-state index in [0.717, 1.165) is 15.6 Å². The zero-order valence-electron chi connectivity index (χ0n) is 7.16. The smallest absolute Gasteiger partial charge is 0.150 e. The van der Waals surface area contributed by atoms with E-state index < -0.39 is 0 Å². The van der Waals surface area contributed by atoms with E-state index in [1.165, 1.54) is 17.4 Å². The van der Waals surface area contributed by atoms with Crippen LogP contribution in [0.25, 0.3) is 10.1 Å². The fourth-order valence-corrected chi connectivity index (χ4v) is 2.59. The molecule has 0 aliphatic carbocycles. The van der Waals surface area contributed by atoms with E-state index >= 15 is 0 Å². The second-order valence-corrected chi connectivity index (χ2v) is 4.06. The fraction of sp³-hybridized carbons (Fsp3) is 0.100. The van der Waals surface area contributed by atoms with Crippen LogP contribution in [0.4, 0.5) is 0 Å². The average molecular weight is 227 g/mol. The molecular formula is C10H7ClO2S. The van der Waals surface area contributed by atoms with Gasteiger partial charge in [-0.1, -0.05) is 0 Å². The maximum absolute atomic E-state index is 10.7. The summed E-state index contributed by atoms with van der Waals surface area (Å²) in [6.45, 7) is 0. The van der Waals surface area contributed by atoms with Crippen molar-refractivity contribution in [1.82, 2.24) is 0 Å².